The number of carbonyl (C=O) groups excluding carboxylic acids is 2. The third-order valence-corrected chi connectivity index (χ3v) is 5.21. The van der Waals surface area contributed by atoms with Crippen molar-refractivity contribution in [2.75, 3.05) is 43.5 Å². The molecule has 7 nitrogen and oxygen atoms in total. The fourth-order valence-electron chi connectivity index (χ4n) is 3.43. The number of rotatable bonds is 5. The summed E-state index contributed by atoms with van der Waals surface area (Å²) in [5.41, 5.74) is 2.20. The third kappa shape index (κ3) is 5.07. The van der Waals surface area contributed by atoms with E-state index in [2.05, 4.69) is 15.5 Å². The van der Waals surface area contributed by atoms with Gasteiger partial charge in [-0.1, -0.05) is 31.2 Å². The van der Waals surface area contributed by atoms with E-state index in [1.165, 1.54) is 7.11 Å². The van der Waals surface area contributed by atoms with Crippen molar-refractivity contribution in [2.45, 2.75) is 13.3 Å². The Morgan fingerprint density at radius 1 is 1.03 bits per heavy atom. The first kappa shape index (κ1) is 21.6. The number of nitrogens with zero attached hydrogens (tertiary/aromatic N) is 2. The van der Waals surface area contributed by atoms with Crippen LogP contribution in [0.5, 0.6) is 5.75 Å². The summed E-state index contributed by atoms with van der Waals surface area (Å²) in [4.78, 5) is 28.6. The number of amides is 2. The number of benzene rings is 2. The Kier molecular flexibility index (Phi) is 7.24. The molecule has 0 radical (unpaired) electrons. The molecule has 0 spiro atoms. The van der Waals surface area contributed by atoms with Crippen LogP contribution in [0.25, 0.3) is 0 Å². The van der Waals surface area contributed by atoms with E-state index in [0.717, 1.165) is 24.5 Å². The van der Waals surface area contributed by atoms with E-state index < -0.39 is 0 Å². The van der Waals surface area contributed by atoms with Crippen LogP contribution in [-0.4, -0.2) is 55.1 Å². The Morgan fingerprint density at radius 3 is 2.40 bits per heavy atom. The van der Waals surface area contributed by atoms with E-state index in [1.54, 1.807) is 24.3 Å². The summed E-state index contributed by atoms with van der Waals surface area (Å²) >= 11 is 5.37. The number of thiocarbonyl (C=S) groups is 1. The van der Waals surface area contributed by atoms with Crippen LogP contribution in [0, 0.1) is 0 Å². The molecule has 0 aliphatic carbocycles. The van der Waals surface area contributed by atoms with Crippen LogP contribution < -0.4 is 20.3 Å². The lowest BCUT2D eigenvalue weighted by molar-refractivity contribution is -0.131. The summed E-state index contributed by atoms with van der Waals surface area (Å²) < 4.78 is 5.24. The minimum absolute atomic E-state index is 0.182. The number of nitrogens with one attached hydrogen (secondary N) is 2. The first-order chi connectivity index (χ1) is 14.5. The molecule has 2 N–H and O–H groups in total. The molecule has 0 unspecified atom stereocenters. The number of methoxy groups -OCH3 is 1. The van der Waals surface area contributed by atoms with E-state index in [9.17, 15) is 9.59 Å². The minimum Gasteiger partial charge on any atom is -0.496 e. The number of para-hydroxylation sites is 3. The van der Waals surface area contributed by atoms with Gasteiger partial charge in [0.2, 0.25) is 5.91 Å². The summed E-state index contributed by atoms with van der Waals surface area (Å²) in [5.74, 6) is 0.327. The Hall–Kier alpha value is -3.13. The molecule has 30 heavy (non-hydrogen) atoms. The number of ether oxygens (including phenoxy) is 1. The van der Waals surface area contributed by atoms with Gasteiger partial charge in [-0.15, -0.1) is 0 Å². The van der Waals surface area contributed by atoms with E-state index in [1.807, 2.05) is 36.1 Å². The normalized spacial score (nSPS) is 13.5. The lowest BCUT2D eigenvalue weighted by atomic mass is 10.2. The summed E-state index contributed by atoms with van der Waals surface area (Å²) in [6.07, 6.45) is 0.526. The average Bonchev–Trinajstić information content (AvgIpc) is 2.78. The van der Waals surface area contributed by atoms with Gasteiger partial charge in [-0.2, -0.15) is 0 Å². The van der Waals surface area contributed by atoms with Crippen LogP contribution in [0.1, 0.15) is 23.7 Å². The summed E-state index contributed by atoms with van der Waals surface area (Å²) in [5, 5.41) is 6.04. The van der Waals surface area contributed by atoms with E-state index >= 15 is 0 Å². The molecule has 0 aromatic heterocycles. The highest BCUT2D eigenvalue weighted by Gasteiger charge is 2.22. The number of carbonyl (C=O) groups is 2. The van der Waals surface area contributed by atoms with Crippen molar-refractivity contribution >= 4 is 40.5 Å². The van der Waals surface area contributed by atoms with Crippen LogP contribution >= 0.6 is 12.2 Å². The molecular formula is C22H26N4O3S. The van der Waals surface area contributed by atoms with Crippen LogP contribution in [0.4, 0.5) is 11.4 Å². The monoisotopic (exact) mass is 426 g/mol. The summed E-state index contributed by atoms with van der Waals surface area (Å²) in [7, 11) is 1.52. The topological polar surface area (TPSA) is 73.9 Å². The standard InChI is InChI=1S/C22H26N4O3S/c1-3-20(27)26-14-12-25(13-15-26)18-10-6-5-9-17(18)23-22(30)24-21(28)16-8-4-7-11-19(16)29-2/h4-11H,3,12-15H2,1-2H3,(H2,23,24,28,30). The van der Waals surface area contributed by atoms with Gasteiger partial charge >= 0.3 is 0 Å². The first-order valence-corrected chi connectivity index (χ1v) is 10.3. The molecule has 1 heterocycles. The fourth-order valence-corrected chi connectivity index (χ4v) is 3.63. The molecule has 8 heteroatoms. The van der Waals surface area contributed by atoms with Crippen LogP contribution in [-0.2, 0) is 4.79 Å². The SMILES string of the molecule is CCC(=O)N1CCN(c2ccccc2NC(=S)NC(=O)c2ccccc2OC)CC1. The number of hydrogen-bond acceptors (Lipinski definition) is 5. The molecule has 2 aromatic carbocycles. The van der Waals surface area contributed by atoms with Crippen molar-refractivity contribution in [2.24, 2.45) is 0 Å². The lowest BCUT2D eigenvalue weighted by Gasteiger charge is -2.37. The molecule has 158 valence electrons. The number of piperazine rings is 1. The highest BCUT2D eigenvalue weighted by atomic mass is 32.1. The van der Waals surface area contributed by atoms with Gasteiger partial charge in [0.1, 0.15) is 5.75 Å². The second kappa shape index (κ2) is 10.1. The van der Waals surface area contributed by atoms with Gasteiger partial charge in [-0.3, -0.25) is 14.9 Å². The van der Waals surface area contributed by atoms with Crippen LogP contribution in [0.3, 0.4) is 0 Å². The Morgan fingerprint density at radius 2 is 1.70 bits per heavy atom. The summed E-state index contributed by atoms with van der Waals surface area (Å²) in [6.45, 7) is 4.75. The zero-order valence-corrected chi connectivity index (χ0v) is 18.0. The third-order valence-electron chi connectivity index (χ3n) is 5.01. The molecule has 0 saturated carbocycles. The molecule has 2 aromatic rings. The molecule has 0 bridgehead atoms. The fraction of sp³-hybridized carbons (Fsp3) is 0.318. The minimum atomic E-state index is -0.339. The molecule has 0 atom stereocenters. The zero-order chi connectivity index (χ0) is 21.5. The second-order valence-electron chi connectivity index (χ2n) is 6.85. The largest absolute Gasteiger partial charge is 0.496 e. The van der Waals surface area contributed by atoms with E-state index in [0.29, 0.717) is 30.8 Å². The first-order valence-electron chi connectivity index (χ1n) is 9.90. The molecule has 2 amide bonds. The lowest BCUT2D eigenvalue weighted by Crippen LogP contribution is -2.48. The van der Waals surface area contributed by atoms with Crippen molar-refractivity contribution in [1.29, 1.82) is 0 Å². The Balaban J connectivity index is 1.66. The maximum atomic E-state index is 12.6. The predicted molar refractivity (Wildman–Crippen MR) is 122 cm³/mol. The van der Waals surface area contributed by atoms with Gasteiger partial charge < -0.3 is 19.9 Å². The van der Waals surface area contributed by atoms with E-state index in [4.69, 9.17) is 17.0 Å². The highest BCUT2D eigenvalue weighted by Crippen LogP contribution is 2.27. The molecule has 3 rings (SSSR count). The van der Waals surface area contributed by atoms with Crippen LogP contribution in [0.15, 0.2) is 48.5 Å². The maximum Gasteiger partial charge on any atom is 0.261 e. The van der Waals surface area contributed by atoms with Gasteiger partial charge in [-0.05, 0) is 36.5 Å². The molecule has 1 aliphatic rings. The molecule has 1 aliphatic heterocycles. The summed E-state index contributed by atoms with van der Waals surface area (Å²) in [6, 6.07) is 14.8. The van der Waals surface area contributed by atoms with Gasteiger partial charge in [0.25, 0.3) is 5.91 Å². The van der Waals surface area contributed by atoms with Crippen molar-refractivity contribution in [3.05, 3.63) is 54.1 Å². The van der Waals surface area contributed by atoms with Gasteiger partial charge in [-0.25, -0.2) is 0 Å². The van der Waals surface area contributed by atoms with Gasteiger partial charge in [0.05, 0.1) is 24.0 Å². The zero-order valence-electron chi connectivity index (χ0n) is 17.2. The molecule has 1 fully saturated rings. The predicted octanol–water partition coefficient (Wildman–Crippen LogP) is 2.88. The van der Waals surface area contributed by atoms with Crippen molar-refractivity contribution in [1.82, 2.24) is 10.2 Å². The highest BCUT2D eigenvalue weighted by molar-refractivity contribution is 7.80. The Bertz CT molecular complexity index is 926. The Labute approximate surface area is 182 Å². The van der Waals surface area contributed by atoms with Crippen molar-refractivity contribution in [3.8, 4) is 5.75 Å². The van der Waals surface area contributed by atoms with Gasteiger partial charge in [0, 0.05) is 32.6 Å². The maximum absolute atomic E-state index is 12.6. The quantitative estimate of drug-likeness (QED) is 0.717. The second-order valence-corrected chi connectivity index (χ2v) is 7.26. The van der Waals surface area contributed by atoms with Crippen molar-refractivity contribution < 1.29 is 14.3 Å². The number of anilines is 2. The molecule has 1 saturated heterocycles. The van der Waals surface area contributed by atoms with Crippen molar-refractivity contribution in [3.63, 3.8) is 0 Å². The smallest absolute Gasteiger partial charge is 0.261 e. The molecular weight excluding hydrogens is 400 g/mol. The average molecular weight is 427 g/mol. The number of hydrogen-bond donors (Lipinski definition) is 2. The van der Waals surface area contributed by atoms with Gasteiger partial charge in [0.15, 0.2) is 5.11 Å². The van der Waals surface area contributed by atoms with E-state index in [-0.39, 0.29) is 16.9 Å². The van der Waals surface area contributed by atoms with Crippen LogP contribution in [0.2, 0.25) is 0 Å².